The zero-order valence-corrected chi connectivity index (χ0v) is 18.1. The van der Waals surface area contributed by atoms with Gasteiger partial charge in [-0.3, -0.25) is 9.89 Å². The predicted molar refractivity (Wildman–Crippen MR) is 125 cm³/mol. The molecule has 1 aromatic heterocycles. The Kier molecular flexibility index (Phi) is 6.79. The lowest BCUT2D eigenvalue weighted by atomic mass is 9.96. The van der Waals surface area contributed by atoms with Gasteiger partial charge in [0.15, 0.2) is 0 Å². The Hall–Kier alpha value is -3.91. The number of aromatic amines is 1. The minimum Gasteiger partial charge on any atom is -0.348 e. The first kappa shape index (κ1) is 23.3. The molecule has 1 amide bonds. The van der Waals surface area contributed by atoms with Crippen molar-refractivity contribution in [1.29, 1.82) is 0 Å². The molecule has 0 saturated heterocycles. The van der Waals surface area contributed by atoms with Crippen LogP contribution in [0.4, 0.5) is 13.2 Å². The van der Waals surface area contributed by atoms with E-state index in [0.717, 1.165) is 17.2 Å². The Morgan fingerprint density at radius 2 is 1.65 bits per heavy atom. The highest BCUT2D eigenvalue weighted by atomic mass is 19.4. The van der Waals surface area contributed by atoms with Crippen LogP contribution in [0.3, 0.4) is 0 Å². The van der Waals surface area contributed by atoms with Crippen molar-refractivity contribution >= 4 is 5.91 Å². The van der Waals surface area contributed by atoms with E-state index in [4.69, 9.17) is 5.73 Å². The van der Waals surface area contributed by atoms with Crippen LogP contribution in [0, 0.1) is 0 Å². The number of halogens is 3. The molecule has 174 valence electrons. The molecule has 34 heavy (non-hydrogen) atoms. The molecular weight excluding hydrogens is 441 g/mol. The van der Waals surface area contributed by atoms with Crippen molar-refractivity contribution in [1.82, 2.24) is 15.5 Å². The summed E-state index contributed by atoms with van der Waals surface area (Å²) >= 11 is 0. The van der Waals surface area contributed by atoms with E-state index in [1.54, 1.807) is 0 Å². The normalized spacial score (nSPS) is 12.4. The number of nitrogens with zero attached hydrogens (tertiary/aromatic N) is 1. The summed E-state index contributed by atoms with van der Waals surface area (Å²) in [6.45, 7) is 0.134. The molecule has 0 unspecified atom stereocenters. The van der Waals surface area contributed by atoms with E-state index in [9.17, 15) is 18.0 Å². The summed E-state index contributed by atoms with van der Waals surface area (Å²) < 4.78 is 41.8. The van der Waals surface area contributed by atoms with Crippen molar-refractivity contribution in [2.24, 2.45) is 5.73 Å². The molecule has 4 rings (SSSR count). The van der Waals surface area contributed by atoms with Crippen molar-refractivity contribution in [3.05, 3.63) is 102 Å². The van der Waals surface area contributed by atoms with Crippen LogP contribution >= 0.6 is 0 Å². The molecule has 4 N–H and O–H groups in total. The predicted octanol–water partition coefficient (Wildman–Crippen LogP) is 5.06. The molecule has 0 aliphatic heterocycles. The van der Waals surface area contributed by atoms with E-state index in [-0.39, 0.29) is 23.4 Å². The molecule has 4 aromatic rings. The summed E-state index contributed by atoms with van der Waals surface area (Å²) in [5, 5.41) is 9.69. The van der Waals surface area contributed by atoms with Crippen molar-refractivity contribution in [3.63, 3.8) is 0 Å². The van der Waals surface area contributed by atoms with Crippen molar-refractivity contribution in [2.75, 3.05) is 6.54 Å². The van der Waals surface area contributed by atoms with E-state index in [1.807, 2.05) is 60.7 Å². The van der Waals surface area contributed by atoms with Crippen LogP contribution in [0.1, 0.15) is 21.5 Å². The van der Waals surface area contributed by atoms with Crippen LogP contribution in [-0.4, -0.2) is 28.7 Å². The summed E-state index contributed by atoms with van der Waals surface area (Å²) in [6.07, 6.45) is -4.22. The van der Waals surface area contributed by atoms with Crippen LogP contribution in [0.2, 0.25) is 0 Å². The Balaban J connectivity index is 1.71. The number of amides is 1. The third kappa shape index (κ3) is 5.18. The number of aromatic nitrogens is 2. The fourth-order valence-corrected chi connectivity index (χ4v) is 3.82. The Labute approximate surface area is 194 Å². The average Bonchev–Trinajstić information content (AvgIpc) is 3.34. The maximum atomic E-state index is 13.9. The maximum Gasteiger partial charge on any atom is 0.417 e. The molecule has 1 heterocycles. The van der Waals surface area contributed by atoms with Gasteiger partial charge < -0.3 is 11.1 Å². The quantitative estimate of drug-likeness (QED) is 0.357. The van der Waals surface area contributed by atoms with Gasteiger partial charge in [0.05, 0.1) is 17.0 Å². The second-order valence-corrected chi connectivity index (χ2v) is 7.85. The molecule has 8 heteroatoms. The van der Waals surface area contributed by atoms with Gasteiger partial charge >= 0.3 is 6.18 Å². The molecule has 0 aliphatic carbocycles. The summed E-state index contributed by atoms with van der Waals surface area (Å²) in [6, 6.07) is 23.1. The number of benzene rings is 3. The van der Waals surface area contributed by atoms with Gasteiger partial charge in [-0.25, -0.2) is 0 Å². The summed E-state index contributed by atoms with van der Waals surface area (Å²) in [7, 11) is 0. The Morgan fingerprint density at radius 1 is 0.971 bits per heavy atom. The average molecular weight is 464 g/mol. The molecule has 1 atom stereocenters. The molecule has 0 radical (unpaired) electrons. The molecule has 0 aliphatic rings. The number of carbonyl (C=O) groups excluding carboxylic acids is 1. The number of nitrogens with one attached hydrogen (secondary N) is 2. The first-order chi connectivity index (χ1) is 16.4. The Morgan fingerprint density at radius 3 is 2.29 bits per heavy atom. The summed E-state index contributed by atoms with van der Waals surface area (Å²) in [5.74, 6) is -0.642. The molecule has 0 bridgehead atoms. The molecule has 5 nitrogen and oxygen atoms in total. The molecular formula is C26H23F3N4O. The van der Waals surface area contributed by atoms with E-state index < -0.39 is 23.7 Å². The van der Waals surface area contributed by atoms with E-state index >= 15 is 0 Å². The lowest BCUT2D eigenvalue weighted by Gasteiger charge is -2.20. The number of nitrogens with two attached hydrogens (primary N) is 1. The first-order valence-corrected chi connectivity index (χ1v) is 10.7. The van der Waals surface area contributed by atoms with Gasteiger partial charge in [-0.1, -0.05) is 66.7 Å². The molecule has 0 saturated carbocycles. The highest BCUT2D eigenvalue weighted by Crippen LogP contribution is 2.39. The van der Waals surface area contributed by atoms with Gasteiger partial charge in [0.1, 0.15) is 0 Å². The number of rotatable bonds is 7. The van der Waals surface area contributed by atoms with Crippen molar-refractivity contribution in [2.45, 2.75) is 18.6 Å². The standard InChI is InChI=1S/C26H23F3N4O/c27-26(28,29)21-13-7-12-20(25(34)31-19(16-30)14-17-8-3-1-4-9-17)24(21)23-15-22(32-33-23)18-10-5-2-6-11-18/h1-13,15,19H,14,16,30H2,(H,31,34)(H,32,33)/t19-/m1/s1. The first-order valence-electron chi connectivity index (χ1n) is 10.7. The van der Waals surface area contributed by atoms with Gasteiger partial charge in [-0.15, -0.1) is 0 Å². The molecule has 0 spiro atoms. The zero-order chi connectivity index (χ0) is 24.1. The highest BCUT2D eigenvalue weighted by Gasteiger charge is 2.36. The number of H-pyrrole nitrogens is 1. The van der Waals surface area contributed by atoms with Crippen LogP contribution in [0.5, 0.6) is 0 Å². The largest absolute Gasteiger partial charge is 0.417 e. The van der Waals surface area contributed by atoms with Gasteiger partial charge in [-0.05, 0) is 35.7 Å². The highest BCUT2D eigenvalue weighted by molar-refractivity contribution is 6.01. The van der Waals surface area contributed by atoms with Gasteiger partial charge in [0.2, 0.25) is 0 Å². The fourth-order valence-electron chi connectivity index (χ4n) is 3.82. The third-order valence-electron chi connectivity index (χ3n) is 5.48. The van der Waals surface area contributed by atoms with Crippen LogP contribution < -0.4 is 11.1 Å². The van der Waals surface area contributed by atoms with Crippen molar-refractivity contribution < 1.29 is 18.0 Å². The molecule has 0 fully saturated rings. The van der Waals surface area contributed by atoms with E-state index in [0.29, 0.717) is 12.1 Å². The van der Waals surface area contributed by atoms with Crippen molar-refractivity contribution in [3.8, 4) is 22.5 Å². The minimum absolute atomic E-state index is 0.0317. The number of carbonyl (C=O) groups is 1. The van der Waals surface area contributed by atoms with E-state index in [1.165, 1.54) is 18.2 Å². The van der Waals surface area contributed by atoms with Gasteiger partial charge in [0.25, 0.3) is 5.91 Å². The second-order valence-electron chi connectivity index (χ2n) is 7.85. The molecule has 3 aromatic carbocycles. The minimum atomic E-state index is -4.67. The smallest absolute Gasteiger partial charge is 0.348 e. The monoisotopic (exact) mass is 464 g/mol. The van der Waals surface area contributed by atoms with Crippen LogP contribution in [0.15, 0.2) is 84.9 Å². The number of hydrogen-bond donors (Lipinski definition) is 3. The van der Waals surface area contributed by atoms with E-state index in [2.05, 4.69) is 15.5 Å². The third-order valence-corrected chi connectivity index (χ3v) is 5.48. The topological polar surface area (TPSA) is 83.8 Å². The number of alkyl halides is 3. The van der Waals surface area contributed by atoms with Crippen LogP contribution in [-0.2, 0) is 12.6 Å². The van der Waals surface area contributed by atoms with Gasteiger partial charge in [0, 0.05) is 23.7 Å². The lowest BCUT2D eigenvalue weighted by Crippen LogP contribution is -2.42. The van der Waals surface area contributed by atoms with Crippen LogP contribution in [0.25, 0.3) is 22.5 Å². The van der Waals surface area contributed by atoms with Gasteiger partial charge in [-0.2, -0.15) is 18.3 Å². The zero-order valence-electron chi connectivity index (χ0n) is 18.1. The number of hydrogen-bond acceptors (Lipinski definition) is 3. The second kappa shape index (κ2) is 9.93. The lowest BCUT2D eigenvalue weighted by molar-refractivity contribution is -0.137. The SMILES string of the molecule is NC[C@@H](Cc1ccccc1)NC(=O)c1cccc(C(F)(F)F)c1-c1cc(-c2ccccc2)[nH]n1. The fraction of sp³-hybridized carbons (Fsp3) is 0.154. The summed E-state index contributed by atoms with van der Waals surface area (Å²) in [5.41, 5.74) is 6.83. The summed E-state index contributed by atoms with van der Waals surface area (Å²) in [4.78, 5) is 13.2. The Bertz CT molecular complexity index is 1250. The maximum absolute atomic E-state index is 13.9.